The van der Waals surface area contributed by atoms with Gasteiger partial charge in [-0.15, -0.1) is 24.0 Å². The highest BCUT2D eigenvalue weighted by molar-refractivity contribution is 14.0. The van der Waals surface area contributed by atoms with Gasteiger partial charge in [0.15, 0.2) is 15.8 Å². The van der Waals surface area contributed by atoms with E-state index in [-0.39, 0.29) is 35.8 Å². The van der Waals surface area contributed by atoms with Crippen molar-refractivity contribution in [2.24, 2.45) is 4.99 Å². The van der Waals surface area contributed by atoms with Crippen molar-refractivity contribution in [1.82, 2.24) is 10.6 Å². The zero-order valence-corrected chi connectivity index (χ0v) is 20.2. The smallest absolute Gasteiger partial charge is 0.191 e. The fourth-order valence-corrected chi connectivity index (χ4v) is 4.28. The van der Waals surface area contributed by atoms with Gasteiger partial charge in [0.1, 0.15) is 5.75 Å². The Balaban J connectivity index is 0.00000420. The Morgan fingerprint density at radius 1 is 1.07 bits per heavy atom. The molecule has 2 rings (SSSR count). The van der Waals surface area contributed by atoms with Gasteiger partial charge >= 0.3 is 0 Å². The lowest BCUT2D eigenvalue weighted by Gasteiger charge is -2.20. The van der Waals surface area contributed by atoms with Crippen LogP contribution in [0.4, 0.5) is 0 Å². The molecular weight excluding hydrogens is 501 g/mol. The lowest BCUT2D eigenvalue weighted by Crippen LogP contribution is -2.46. The quantitative estimate of drug-likeness (QED) is 0.294. The number of halogens is 1. The van der Waals surface area contributed by atoms with Crippen molar-refractivity contribution in [2.45, 2.75) is 37.8 Å². The standard InChI is InChI=1S/C21H29N3O3S.HI/c1-4-18(16-28(25,26)20-9-7-6-8-10-20)24-21(22-5-2)23-15-17-11-13-19(27-3)14-12-17;/h6-14,18H,4-5,15-16H2,1-3H3,(H2,22,23,24);1H. The van der Waals surface area contributed by atoms with Crippen LogP contribution in [0, 0.1) is 0 Å². The van der Waals surface area contributed by atoms with Crippen LogP contribution in [0.1, 0.15) is 25.8 Å². The average Bonchev–Trinajstić information content (AvgIpc) is 2.72. The first-order valence-corrected chi connectivity index (χ1v) is 11.1. The highest BCUT2D eigenvalue weighted by Crippen LogP contribution is 2.13. The molecule has 29 heavy (non-hydrogen) atoms. The predicted octanol–water partition coefficient (Wildman–Crippen LogP) is 3.62. The Morgan fingerprint density at radius 2 is 1.72 bits per heavy atom. The minimum Gasteiger partial charge on any atom is -0.497 e. The van der Waals surface area contributed by atoms with Crippen molar-refractivity contribution >= 4 is 39.8 Å². The van der Waals surface area contributed by atoms with Crippen LogP contribution in [0.2, 0.25) is 0 Å². The summed E-state index contributed by atoms with van der Waals surface area (Å²) >= 11 is 0. The molecule has 2 aromatic carbocycles. The second kappa shape index (κ2) is 12.7. The maximum Gasteiger partial charge on any atom is 0.191 e. The van der Waals surface area contributed by atoms with Gasteiger partial charge in [-0.05, 0) is 43.2 Å². The van der Waals surface area contributed by atoms with E-state index in [0.717, 1.165) is 11.3 Å². The molecule has 8 heteroatoms. The molecule has 160 valence electrons. The summed E-state index contributed by atoms with van der Waals surface area (Å²) < 4.78 is 30.5. The molecule has 0 aliphatic rings. The molecule has 0 saturated carbocycles. The van der Waals surface area contributed by atoms with Crippen molar-refractivity contribution < 1.29 is 13.2 Å². The number of aliphatic imine (C=N–C) groups is 1. The monoisotopic (exact) mass is 531 g/mol. The number of nitrogens with one attached hydrogen (secondary N) is 2. The number of guanidine groups is 1. The first-order valence-electron chi connectivity index (χ1n) is 9.44. The first kappa shape index (κ1) is 25.2. The van der Waals surface area contributed by atoms with E-state index in [1.54, 1.807) is 31.4 Å². The van der Waals surface area contributed by atoms with Gasteiger partial charge in [0.25, 0.3) is 0 Å². The summed E-state index contributed by atoms with van der Waals surface area (Å²) in [5.74, 6) is 1.42. The van der Waals surface area contributed by atoms with Crippen LogP contribution in [-0.2, 0) is 16.4 Å². The van der Waals surface area contributed by atoms with Crippen molar-refractivity contribution in [3.05, 3.63) is 60.2 Å². The van der Waals surface area contributed by atoms with E-state index in [4.69, 9.17) is 4.74 Å². The third-order valence-corrected chi connectivity index (χ3v) is 6.11. The molecule has 0 aliphatic heterocycles. The number of nitrogens with zero attached hydrogens (tertiary/aromatic N) is 1. The maximum absolute atomic E-state index is 12.7. The van der Waals surface area contributed by atoms with E-state index in [9.17, 15) is 8.42 Å². The molecule has 6 nitrogen and oxygen atoms in total. The molecule has 2 N–H and O–H groups in total. The number of sulfone groups is 1. The van der Waals surface area contributed by atoms with Crippen LogP contribution in [0.15, 0.2) is 64.5 Å². The van der Waals surface area contributed by atoms with Crippen molar-refractivity contribution in [3.8, 4) is 5.75 Å². The summed E-state index contributed by atoms with van der Waals surface area (Å²) in [4.78, 5) is 4.93. The van der Waals surface area contributed by atoms with Crippen molar-refractivity contribution in [1.29, 1.82) is 0 Å². The topological polar surface area (TPSA) is 79.8 Å². The Hall–Kier alpha value is -1.81. The molecule has 0 aliphatic carbocycles. The number of benzene rings is 2. The van der Waals surface area contributed by atoms with Gasteiger partial charge in [0.05, 0.1) is 24.3 Å². The van der Waals surface area contributed by atoms with Gasteiger partial charge in [-0.1, -0.05) is 37.3 Å². The Kier molecular flexibility index (Phi) is 11.0. The van der Waals surface area contributed by atoms with Gasteiger partial charge in [0, 0.05) is 12.6 Å². The summed E-state index contributed by atoms with van der Waals surface area (Å²) in [5.41, 5.74) is 1.04. The zero-order valence-electron chi connectivity index (χ0n) is 17.1. The molecule has 0 saturated heterocycles. The minimum atomic E-state index is -3.37. The Labute approximate surface area is 191 Å². The van der Waals surface area contributed by atoms with Crippen molar-refractivity contribution in [2.75, 3.05) is 19.4 Å². The fraction of sp³-hybridized carbons (Fsp3) is 0.381. The SMILES string of the molecule is CCNC(=NCc1ccc(OC)cc1)NC(CC)CS(=O)(=O)c1ccccc1.I. The van der Waals surface area contributed by atoms with Crippen molar-refractivity contribution in [3.63, 3.8) is 0 Å². The van der Waals surface area contributed by atoms with E-state index >= 15 is 0 Å². The lowest BCUT2D eigenvalue weighted by atomic mass is 10.2. The molecule has 1 atom stereocenters. The number of ether oxygens (including phenoxy) is 1. The molecule has 0 amide bonds. The first-order chi connectivity index (χ1) is 13.5. The molecule has 2 aromatic rings. The van der Waals surface area contributed by atoms with Gasteiger partial charge < -0.3 is 15.4 Å². The second-order valence-electron chi connectivity index (χ2n) is 6.39. The number of rotatable bonds is 9. The molecule has 0 heterocycles. The van der Waals surface area contributed by atoms with Crippen LogP contribution in [0.25, 0.3) is 0 Å². The van der Waals surface area contributed by atoms with Crippen LogP contribution < -0.4 is 15.4 Å². The summed E-state index contributed by atoms with van der Waals surface area (Å²) in [5, 5.41) is 6.44. The zero-order chi connectivity index (χ0) is 20.4. The van der Waals surface area contributed by atoms with Gasteiger partial charge in [-0.25, -0.2) is 13.4 Å². The largest absolute Gasteiger partial charge is 0.497 e. The maximum atomic E-state index is 12.7. The summed E-state index contributed by atoms with van der Waals surface area (Å²) in [6.45, 7) is 5.12. The number of methoxy groups -OCH3 is 1. The molecule has 0 bridgehead atoms. The van der Waals surface area contributed by atoms with E-state index in [1.165, 1.54) is 0 Å². The molecule has 1 unspecified atom stereocenters. The highest BCUT2D eigenvalue weighted by atomic mass is 127. The van der Waals surface area contributed by atoms with Gasteiger partial charge in [-0.3, -0.25) is 0 Å². The lowest BCUT2D eigenvalue weighted by molar-refractivity contribution is 0.414. The highest BCUT2D eigenvalue weighted by Gasteiger charge is 2.20. The normalized spacial score (nSPS) is 12.6. The average molecular weight is 531 g/mol. The van der Waals surface area contributed by atoms with E-state index in [1.807, 2.05) is 44.2 Å². The Morgan fingerprint density at radius 3 is 2.28 bits per heavy atom. The number of hydrogen-bond donors (Lipinski definition) is 2. The molecule has 0 radical (unpaired) electrons. The predicted molar refractivity (Wildman–Crippen MR) is 129 cm³/mol. The second-order valence-corrected chi connectivity index (χ2v) is 8.42. The third-order valence-electron chi connectivity index (χ3n) is 4.28. The fourth-order valence-electron chi connectivity index (χ4n) is 2.67. The molecule has 0 aromatic heterocycles. The molecular formula is C21H30IN3O3S. The van der Waals surface area contributed by atoms with E-state index in [0.29, 0.717) is 30.4 Å². The summed E-state index contributed by atoms with van der Waals surface area (Å²) in [7, 11) is -1.73. The molecule has 0 spiro atoms. The van der Waals surface area contributed by atoms with Crippen LogP contribution in [-0.4, -0.2) is 39.8 Å². The van der Waals surface area contributed by atoms with Gasteiger partial charge in [0.2, 0.25) is 0 Å². The van der Waals surface area contributed by atoms with Crippen LogP contribution in [0.5, 0.6) is 5.75 Å². The number of hydrogen-bond acceptors (Lipinski definition) is 4. The summed E-state index contributed by atoms with van der Waals surface area (Å²) in [6, 6.07) is 16.0. The van der Waals surface area contributed by atoms with Crippen LogP contribution in [0.3, 0.4) is 0 Å². The minimum absolute atomic E-state index is 0. The Bertz CT molecular complexity index is 856. The van der Waals surface area contributed by atoms with Crippen LogP contribution >= 0.6 is 24.0 Å². The third kappa shape index (κ3) is 8.22. The van der Waals surface area contributed by atoms with Gasteiger partial charge in [-0.2, -0.15) is 0 Å². The summed E-state index contributed by atoms with van der Waals surface area (Å²) in [6.07, 6.45) is 0.666. The van der Waals surface area contributed by atoms with E-state index in [2.05, 4.69) is 15.6 Å². The van der Waals surface area contributed by atoms with E-state index < -0.39 is 9.84 Å². The molecule has 0 fully saturated rings.